The molecule has 0 spiro atoms. The maximum absolute atomic E-state index is 13.5. The topological polar surface area (TPSA) is 154 Å². The lowest BCUT2D eigenvalue weighted by molar-refractivity contribution is -0.122. The van der Waals surface area contributed by atoms with E-state index in [1.54, 1.807) is 17.7 Å². The maximum Gasteiger partial charge on any atom is 0.263 e. The molecule has 238 valence electrons. The summed E-state index contributed by atoms with van der Waals surface area (Å²) in [5, 5.41) is 9.33. The molecular weight excluding hydrogens is 574 g/mol. The van der Waals surface area contributed by atoms with Crippen LogP contribution in [0.25, 0.3) is 11.0 Å². The summed E-state index contributed by atoms with van der Waals surface area (Å²) in [5.41, 5.74) is 2.09. The summed E-state index contributed by atoms with van der Waals surface area (Å²) in [6.45, 7) is 11.3. The van der Waals surface area contributed by atoms with Gasteiger partial charge in [-0.05, 0) is 50.5 Å². The zero-order valence-electron chi connectivity index (χ0n) is 26.0. The number of aromatic nitrogens is 4. The van der Waals surface area contributed by atoms with E-state index in [9.17, 15) is 19.2 Å². The quantitative estimate of drug-likeness (QED) is 0.157. The highest BCUT2D eigenvalue weighted by atomic mass is 16.2. The molecule has 0 bridgehead atoms. The van der Waals surface area contributed by atoms with Crippen LogP contribution in [0, 0.1) is 6.92 Å². The Bertz CT molecular complexity index is 1620. The third-order valence-corrected chi connectivity index (χ3v) is 8.56. The predicted molar refractivity (Wildman–Crippen MR) is 173 cm³/mol. The van der Waals surface area contributed by atoms with Crippen LogP contribution in [0.1, 0.15) is 61.0 Å². The van der Waals surface area contributed by atoms with Crippen LogP contribution in [0.15, 0.2) is 42.0 Å². The van der Waals surface area contributed by atoms with E-state index in [2.05, 4.69) is 42.3 Å². The summed E-state index contributed by atoms with van der Waals surface area (Å²) >= 11 is 0. The summed E-state index contributed by atoms with van der Waals surface area (Å²) in [5.74, 6) is 0.383. The second-order valence-corrected chi connectivity index (χ2v) is 11.6. The Morgan fingerprint density at radius 3 is 2.42 bits per heavy atom. The fourth-order valence-electron chi connectivity index (χ4n) is 6.11. The van der Waals surface area contributed by atoms with E-state index in [1.165, 1.54) is 13.0 Å². The molecule has 3 aromatic heterocycles. The lowest BCUT2D eigenvalue weighted by atomic mass is 10.0. The predicted octanol–water partition coefficient (Wildman–Crippen LogP) is 2.49. The Balaban J connectivity index is 1.17. The van der Waals surface area contributed by atoms with E-state index in [0.717, 1.165) is 57.5 Å². The molecular formula is C32H41N9O4. The fraction of sp³-hybridized carbons (Fsp3) is 0.469. The first-order chi connectivity index (χ1) is 21.7. The lowest BCUT2D eigenvalue weighted by Crippen LogP contribution is -2.47. The van der Waals surface area contributed by atoms with Crippen molar-refractivity contribution in [2.24, 2.45) is 0 Å². The van der Waals surface area contributed by atoms with Crippen molar-refractivity contribution in [1.29, 1.82) is 0 Å². The standard InChI is InChI=1S/C32H41N9O4/c1-4-27(43)33-12-13-34-28(44)11-14-39-15-17-40(18-16-39)24-9-10-26(35-19-24)37-32-36-20-25-21(2)29(22(3)42)31(45)41(30(25)38-32)23-7-5-6-8-23/h4,9-10,19-20,23H,1,5-8,11-18H2,2-3H3,(H,33,43)(H,34,44)(H,35,36,37,38). The van der Waals surface area contributed by atoms with Gasteiger partial charge in [0.2, 0.25) is 17.8 Å². The van der Waals surface area contributed by atoms with Crippen molar-refractivity contribution in [1.82, 2.24) is 35.1 Å². The van der Waals surface area contributed by atoms with Gasteiger partial charge in [0.05, 0.1) is 17.4 Å². The van der Waals surface area contributed by atoms with Gasteiger partial charge >= 0.3 is 0 Å². The van der Waals surface area contributed by atoms with Crippen LogP contribution in [0.2, 0.25) is 0 Å². The lowest BCUT2D eigenvalue weighted by Gasteiger charge is -2.35. The molecule has 2 aliphatic rings. The van der Waals surface area contributed by atoms with Gasteiger partial charge in [0.15, 0.2) is 5.78 Å². The van der Waals surface area contributed by atoms with Crippen molar-refractivity contribution >= 4 is 46.1 Å². The summed E-state index contributed by atoms with van der Waals surface area (Å²) in [7, 11) is 0. The highest BCUT2D eigenvalue weighted by Crippen LogP contribution is 2.32. The molecule has 13 nitrogen and oxygen atoms in total. The molecule has 0 aromatic carbocycles. The number of ketones is 1. The number of piperazine rings is 1. The Labute approximate surface area is 262 Å². The Morgan fingerprint density at radius 1 is 1.02 bits per heavy atom. The van der Waals surface area contributed by atoms with Crippen LogP contribution < -0.4 is 26.4 Å². The summed E-state index contributed by atoms with van der Waals surface area (Å²) in [4.78, 5) is 67.5. The molecule has 0 atom stereocenters. The number of amides is 2. The molecule has 45 heavy (non-hydrogen) atoms. The molecule has 1 saturated carbocycles. The van der Waals surface area contributed by atoms with Crippen LogP contribution in [-0.2, 0) is 9.59 Å². The van der Waals surface area contributed by atoms with Crippen LogP contribution >= 0.6 is 0 Å². The molecule has 1 saturated heterocycles. The Hall–Kier alpha value is -4.65. The second kappa shape index (κ2) is 14.4. The zero-order valence-corrected chi connectivity index (χ0v) is 26.0. The fourth-order valence-corrected chi connectivity index (χ4v) is 6.11. The molecule has 0 unspecified atom stereocenters. The number of nitrogens with one attached hydrogen (secondary N) is 3. The number of hydrogen-bond donors (Lipinski definition) is 3. The van der Waals surface area contributed by atoms with E-state index in [-0.39, 0.29) is 34.8 Å². The van der Waals surface area contributed by atoms with Crippen LogP contribution in [-0.4, -0.2) is 87.8 Å². The molecule has 0 radical (unpaired) electrons. The van der Waals surface area contributed by atoms with Gasteiger partial charge in [0.1, 0.15) is 11.5 Å². The normalized spacial score (nSPS) is 15.6. The second-order valence-electron chi connectivity index (χ2n) is 11.6. The van der Waals surface area contributed by atoms with Crippen molar-refractivity contribution in [2.45, 2.75) is 52.0 Å². The van der Waals surface area contributed by atoms with Crippen LogP contribution in [0.4, 0.5) is 17.5 Å². The van der Waals surface area contributed by atoms with E-state index in [1.807, 2.05) is 18.3 Å². The van der Waals surface area contributed by atoms with Crippen molar-refractivity contribution < 1.29 is 14.4 Å². The number of anilines is 3. The highest BCUT2D eigenvalue weighted by Gasteiger charge is 2.26. The number of fused-ring (bicyclic) bond motifs is 1. The number of nitrogens with zero attached hydrogens (tertiary/aromatic N) is 6. The van der Waals surface area contributed by atoms with Gasteiger partial charge in [-0.2, -0.15) is 4.98 Å². The van der Waals surface area contributed by atoms with E-state index < -0.39 is 0 Å². The summed E-state index contributed by atoms with van der Waals surface area (Å²) < 4.78 is 1.70. The number of carbonyl (C=O) groups excluding carboxylic acids is 3. The summed E-state index contributed by atoms with van der Waals surface area (Å²) in [6.07, 6.45) is 8.95. The van der Waals surface area contributed by atoms with Crippen LogP contribution in [0.5, 0.6) is 0 Å². The molecule has 1 aliphatic heterocycles. The first-order valence-corrected chi connectivity index (χ1v) is 15.5. The van der Waals surface area contributed by atoms with Gasteiger partial charge in [0.25, 0.3) is 5.56 Å². The minimum absolute atomic E-state index is 0.0134. The maximum atomic E-state index is 13.5. The molecule has 13 heteroatoms. The number of hydrogen-bond acceptors (Lipinski definition) is 10. The van der Waals surface area contributed by atoms with E-state index in [4.69, 9.17) is 4.98 Å². The van der Waals surface area contributed by atoms with E-state index in [0.29, 0.717) is 54.4 Å². The molecule has 3 aromatic rings. The number of Topliss-reactive ketones (excluding diaryl/α,β-unsaturated/α-hetero) is 1. The number of aryl methyl sites for hydroxylation is 1. The Kier molecular flexibility index (Phi) is 10.2. The first-order valence-electron chi connectivity index (χ1n) is 15.5. The van der Waals surface area contributed by atoms with Crippen molar-refractivity contribution in [2.75, 3.05) is 56.0 Å². The molecule has 2 fully saturated rings. The average molecular weight is 616 g/mol. The molecule has 1 aliphatic carbocycles. The zero-order chi connectivity index (χ0) is 31.9. The molecule has 5 rings (SSSR count). The van der Waals surface area contributed by atoms with Crippen LogP contribution in [0.3, 0.4) is 0 Å². The van der Waals surface area contributed by atoms with Gasteiger partial charge in [0, 0.05) is 69.9 Å². The first kappa shape index (κ1) is 31.8. The highest BCUT2D eigenvalue weighted by molar-refractivity contribution is 5.99. The molecule has 2 amide bonds. The Morgan fingerprint density at radius 2 is 1.76 bits per heavy atom. The van der Waals surface area contributed by atoms with Gasteiger partial charge in [-0.1, -0.05) is 19.4 Å². The number of rotatable bonds is 12. The van der Waals surface area contributed by atoms with Crippen molar-refractivity contribution in [3.8, 4) is 0 Å². The minimum atomic E-state index is -0.277. The van der Waals surface area contributed by atoms with Gasteiger partial charge in [-0.25, -0.2) is 9.97 Å². The van der Waals surface area contributed by atoms with Gasteiger partial charge in [-0.3, -0.25) is 28.6 Å². The smallest absolute Gasteiger partial charge is 0.263 e. The molecule has 3 N–H and O–H groups in total. The van der Waals surface area contributed by atoms with E-state index >= 15 is 0 Å². The number of carbonyl (C=O) groups is 3. The summed E-state index contributed by atoms with van der Waals surface area (Å²) in [6, 6.07) is 3.90. The third-order valence-electron chi connectivity index (χ3n) is 8.56. The largest absolute Gasteiger partial charge is 0.368 e. The third kappa shape index (κ3) is 7.54. The molecule has 4 heterocycles. The van der Waals surface area contributed by atoms with Gasteiger partial charge < -0.3 is 20.9 Å². The van der Waals surface area contributed by atoms with Crippen molar-refractivity contribution in [3.05, 3.63) is 58.7 Å². The minimum Gasteiger partial charge on any atom is -0.368 e. The monoisotopic (exact) mass is 615 g/mol. The average Bonchev–Trinajstić information content (AvgIpc) is 3.57. The number of pyridine rings is 2. The SMILES string of the molecule is C=CC(=O)NCCNC(=O)CCN1CCN(c2ccc(Nc3ncc4c(C)c(C(C)=O)c(=O)n(C5CCCC5)c4n3)nc2)CC1. The van der Waals surface area contributed by atoms with Gasteiger partial charge in [-0.15, -0.1) is 0 Å². The van der Waals surface area contributed by atoms with Crippen molar-refractivity contribution in [3.63, 3.8) is 0 Å².